The quantitative estimate of drug-likeness (QED) is 0.0863. The van der Waals surface area contributed by atoms with Crippen LogP contribution < -0.4 is 16.9 Å². The second-order valence-corrected chi connectivity index (χ2v) is 15.4. The summed E-state index contributed by atoms with van der Waals surface area (Å²) < 4.78 is 59.1. The van der Waals surface area contributed by atoms with Crippen molar-refractivity contribution in [2.75, 3.05) is 40.3 Å². The molecule has 0 aliphatic carbocycles. The number of fused-ring (bicyclic) bond motifs is 2. The zero-order valence-electron chi connectivity index (χ0n) is 26.6. The second kappa shape index (κ2) is 14.2. The van der Waals surface area contributed by atoms with E-state index < -0.39 is 88.0 Å². The number of nitrogen functional groups attached to an aromatic ring is 1. The van der Waals surface area contributed by atoms with Crippen LogP contribution in [0.1, 0.15) is 18.3 Å². The summed E-state index contributed by atoms with van der Waals surface area (Å²) in [5, 5.41) is 11.1. The predicted octanol–water partition coefficient (Wildman–Crippen LogP) is -1.29. The summed E-state index contributed by atoms with van der Waals surface area (Å²) in [7, 11) is -0.923. The molecular weight excluding hydrogens is 732 g/mol. The molecule has 4 aromatic rings. The number of phosphoric acid groups is 1. The van der Waals surface area contributed by atoms with Crippen LogP contribution in [0.25, 0.3) is 22.3 Å². The van der Waals surface area contributed by atoms with Gasteiger partial charge in [0.1, 0.15) is 42.4 Å². The summed E-state index contributed by atoms with van der Waals surface area (Å²) in [6.45, 7) is -3.82. The Bertz CT molecular complexity index is 2090. The van der Waals surface area contributed by atoms with Crippen LogP contribution in [-0.4, -0.2) is 125 Å². The predicted molar refractivity (Wildman–Crippen MR) is 171 cm³/mol. The van der Waals surface area contributed by atoms with Crippen LogP contribution in [0, 0.1) is 6.92 Å². The lowest BCUT2D eigenvalue weighted by atomic mass is 10.1. The van der Waals surface area contributed by atoms with Crippen molar-refractivity contribution < 1.29 is 56.5 Å². The highest BCUT2D eigenvalue weighted by atomic mass is 32.5. The molecule has 274 valence electrons. The average Bonchev–Trinajstić information content (AvgIpc) is 3.82. The van der Waals surface area contributed by atoms with E-state index in [2.05, 4.69) is 34.4 Å². The fraction of sp³-hybridized carbons (Fsp3) is 0.583. The molecule has 2 fully saturated rings. The molecule has 0 saturated carbocycles. The Morgan fingerprint density at radius 3 is 2.08 bits per heavy atom. The average molecular weight is 766 g/mol. The maximum Gasteiger partial charge on any atom is 0.472 e. The van der Waals surface area contributed by atoms with Gasteiger partial charge in [0, 0.05) is 21.3 Å². The van der Waals surface area contributed by atoms with Gasteiger partial charge in [-0.1, -0.05) is 0 Å². The van der Waals surface area contributed by atoms with Crippen molar-refractivity contribution in [1.29, 1.82) is 0 Å². The van der Waals surface area contributed by atoms with Crippen LogP contribution in [-0.2, 0) is 53.4 Å². The Kier molecular flexibility index (Phi) is 10.4. The molecule has 10 atom stereocenters. The van der Waals surface area contributed by atoms with Crippen molar-refractivity contribution in [2.45, 2.75) is 56.0 Å². The van der Waals surface area contributed by atoms with Gasteiger partial charge >= 0.3 is 14.5 Å². The number of phosphoric ester groups is 1. The molecule has 4 aromatic heterocycles. The Hall–Kier alpha value is -3.06. The summed E-state index contributed by atoms with van der Waals surface area (Å²) in [5.74, 6) is 0.116. The fourth-order valence-electron chi connectivity index (χ4n) is 5.70. The van der Waals surface area contributed by atoms with Gasteiger partial charge in [-0.3, -0.25) is 37.3 Å². The molecule has 23 nitrogen and oxygen atoms in total. The maximum absolute atomic E-state index is 12.4. The molecule has 2 aliphatic rings. The number of aliphatic hydroxyl groups is 1. The molecular formula is C24H33N9O14P2S. The highest BCUT2D eigenvalue weighted by Crippen LogP contribution is 2.51. The van der Waals surface area contributed by atoms with Gasteiger partial charge in [-0.05, 0) is 18.7 Å². The lowest BCUT2D eigenvalue weighted by molar-refractivity contribution is -0.0596. The first-order valence-corrected chi connectivity index (χ1v) is 18.6. The lowest BCUT2D eigenvalue weighted by Crippen LogP contribution is -2.38. The van der Waals surface area contributed by atoms with Gasteiger partial charge in [0.15, 0.2) is 34.8 Å². The zero-order chi connectivity index (χ0) is 36.1. The molecule has 0 aromatic carbocycles. The number of imidazole rings is 2. The molecule has 2 saturated heterocycles. The van der Waals surface area contributed by atoms with E-state index in [1.807, 2.05) is 0 Å². The molecule has 6 heterocycles. The Morgan fingerprint density at radius 1 is 0.900 bits per heavy atom. The van der Waals surface area contributed by atoms with Crippen LogP contribution in [0.5, 0.6) is 0 Å². The van der Waals surface area contributed by atoms with Crippen molar-refractivity contribution >= 4 is 54.6 Å². The number of rotatable bonds is 13. The van der Waals surface area contributed by atoms with E-state index in [0.717, 1.165) is 7.11 Å². The van der Waals surface area contributed by atoms with E-state index >= 15 is 0 Å². The minimum absolute atomic E-state index is 0.0123. The van der Waals surface area contributed by atoms with Gasteiger partial charge in [0.25, 0.3) is 11.1 Å². The van der Waals surface area contributed by atoms with Crippen molar-refractivity contribution in [1.82, 2.24) is 39.0 Å². The third-order valence-electron chi connectivity index (χ3n) is 7.98. The zero-order valence-corrected chi connectivity index (χ0v) is 29.2. The number of nitrogens with zero attached hydrogens (tertiary/aromatic N) is 6. The number of nitrogens with one attached hydrogen (secondary N) is 2. The number of aliphatic hydroxyl groups excluding tert-OH is 1. The van der Waals surface area contributed by atoms with Crippen LogP contribution in [0.3, 0.4) is 0 Å². The number of aryl methyl sites for hydroxylation is 1. The van der Waals surface area contributed by atoms with Crippen LogP contribution in [0.15, 0.2) is 22.2 Å². The molecule has 50 heavy (non-hydrogen) atoms. The second-order valence-electron chi connectivity index (χ2n) is 11.1. The van der Waals surface area contributed by atoms with Crippen molar-refractivity contribution in [3.05, 3.63) is 39.2 Å². The summed E-state index contributed by atoms with van der Waals surface area (Å²) in [6.07, 6.45) is -6.83. The number of methoxy groups -OCH3 is 2. The monoisotopic (exact) mass is 765 g/mol. The highest BCUT2D eigenvalue weighted by Gasteiger charge is 2.51. The fourth-order valence-corrected chi connectivity index (χ4v) is 7.58. The number of anilines is 1. The van der Waals surface area contributed by atoms with Gasteiger partial charge in [-0.15, -0.1) is 0 Å². The topological polar surface area (TPSA) is 305 Å². The molecule has 0 radical (unpaired) electrons. The Morgan fingerprint density at radius 2 is 1.46 bits per heavy atom. The van der Waals surface area contributed by atoms with Crippen LogP contribution in [0.2, 0.25) is 0 Å². The van der Waals surface area contributed by atoms with Crippen molar-refractivity contribution in [3.8, 4) is 0 Å². The molecule has 0 bridgehead atoms. The van der Waals surface area contributed by atoms with Gasteiger partial charge in [0.05, 0.1) is 25.9 Å². The summed E-state index contributed by atoms with van der Waals surface area (Å²) in [5.41, 5.74) is 4.82. The number of nitrogens with two attached hydrogens (primary N) is 1. The lowest BCUT2D eigenvalue weighted by Gasteiger charge is -2.28. The molecule has 7 N–H and O–H groups in total. The number of H-pyrrole nitrogens is 2. The molecule has 4 unspecified atom stereocenters. The Balaban J connectivity index is 1.22. The summed E-state index contributed by atoms with van der Waals surface area (Å²) in [4.78, 5) is 67.4. The minimum Gasteiger partial charge on any atom is -0.387 e. The van der Waals surface area contributed by atoms with E-state index in [-0.39, 0.29) is 28.3 Å². The normalized spacial score (nSPS) is 29.5. The number of aromatic amines is 2. The van der Waals surface area contributed by atoms with E-state index in [4.69, 9.17) is 50.1 Å². The van der Waals surface area contributed by atoms with Crippen molar-refractivity contribution in [2.24, 2.45) is 0 Å². The summed E-state index contributed by atoms with van der Waals surface area (Å²) in [6, 6.07) is 0. The minimum atomic E-state index is -4.52. The first-order chi connectivity index (χ1) is 23.7. The third-order valence-corrected chi connectivity index (χ3v) is 10.5. The number of aromatic nitrogens is 8. The van der Waals surface area contributed by atoms with Crippen LogP contribution >= 0.6 is 14.5 Å². The van der Waals surface area contributed by atoms with Crippen LogP contribution in [0.4, 0.5) is 5.95 Å². The van der Waals surface area contributed by atoms with Gasteiger partial charge in [-0.2, -0.15) is 4.98 Å². The first-order valence-electron chi connectivity index (χ1n) is 14.6. The third kappa shape index (κ3) is 7.05. The molecule has 0 amide bonds. The van der Waals surface area contributed by atoms with Gasteiger partial charge in [0.2, 0.25) is 5.95 Å². The van der Waals surface area contributed by atoms with E-state index in [9.17, 15) is 29.0 Å². The van der Waals surface area contributed by atoms with Gasteiger partial charge < -0.3 is 49.1 Å². The van der Waals surface area contributed by atoms with E-state index in [1.54, 1.807) is 6.92 Å². The molecule has 2 aliphatic heterocycles. The highest BCUT2D eigenvalue weighted by molar-refractivity contribution is 8.07. The Labute approximate surface area is 285 Å². The smallest absolute Gasteiger partial charge is 0.387 e. The molecule has 0 spiro atoms. The molecule has 26 heteroatoms. The van der Waals surface area contributed by atoms with Crippen molar-refractivity contribution in [3.63, 3.8) is 0 Å². The standard InChI is InChI=1S/C24H33N9O14P2S/c1-9-28-18-12(20(35)29-9)26-7-32(18)22-16(40-2)14(34)10(45-22)5-44-49(39,50)47-15-11(6-43-48(37,38)42-4)46-23(17(15)41-3)33-8-27-13-19(33)30-24(25)31-21(13)36/h7-8,10-11,14-17,22-23,34H,5-6H2,1-4H3,(H,37,38)(H,39,50)(H,28,29,35)(H3,25,30,31,36)/t10-,11-,14+,15+,16?,17?,22-,23-,49?/m1/s1. The van der Waals surface area contributed by atoms with Gasteiger partial charge in [-0.25, -0.2) is 19.5 Å². The molecule has 6 rings (SSSR count). The SMILES string of the molecule is COC1[C@@H](O)[C@@H](COP(O)(=S)O[C@@H]2C(OC)[C@H](n3cnc4c(=O)[nH]c(N)nc43)O[C@@H]2COP(=O)(O)OC)O[C@H]1n1cnc2c(=O)[nH]c(C)nc21. The number of hydrogen-bond donors (Lipinski definition) is 6. The number of ether oxygens (including phenoxy) is 4. The van der Waals surface area contributed by atoms with E-state index in [0.29, 0.717) is 5.82 Å². The largest absolute Gasteiger partial charge is 0.472 e. The van der Waals surface area contributed by atoms with E-state index in [1.165, 1.54) is 36.0 Å². The number of hydrogen-bond acceptors (Lipinski definition) is 18. The first kappa shape index (κ1) is 36.7. The summed E-state index contributed by atoms with van der Waals surface area (Å²) >= 11 is 5.31. The maximum atomic E-state index is 12.4.